The molecule has 4 heteroatoms. The molecule has 0 unspecified atom stereocenters. The van der Waals surface area contributed by atoms with Crippen LogP contribution in [0.2, 0.25) is 0 Å². The van der Waals surface area contributed by atoms with Gasteiger partial charge in [0.25, 0.3) is 5.91 Å². The summed E-state index contributed by atoms with van der Waals surface area (Å²) in [6.45, 7) is 1.67. The highest BCUT2D eigenvalue weighted by atomic mass is 16.5. The van der Waals surface area contributed by atoms with E-state index in [1.807, 2.05) is 67.6 Å². The van der Waals surface area contributed by atoms with E-state index < -0.39 is 5.41 Å². The molecule has 1 N–H and O–H groups in total. The fraction of sp³-hybridized carbons (Fsp3) is 0.364. The van der Waals surface area contributed by atoms with Crippen molar-refractivity contribution in [2.75, 3.05) is 6.61 Å². The Morgan fingerprint density at radius 1 is 1.00 bits per heavy atom. The van der Waals surface area contributed by atoms with Crippen molar-refractivity contribution in [1.29, 1.82) is 0 Å². The number of benzene rings is 2. The Hall–Kier alpha value is -2.62. The molecular weight excluding hydrogens is 326 g/mol. The van der Waals surface area contributed by atoms with Crippen LogP contribution >= 0.6 is 0 Å². The third-order valence-corrected chi connectivity index (χ3v) is 5.19. The lowest BCUT2D eigenvalue weighted by Gasteiger charge is -2.27. The molecule has 1 fully saturated rings. The third kappa shape index (κ3) is 3.96. The molecule has 0 aromatic heterocycles. The van der Waals surface area contributed by atoms with Gasteiger partial charge in [-0.15, -0.1) is 0 Å². The van der Waals surface area contributed by atoms with Crippen LogP contribution in [0.3, 0.4) is 0 Å². The normalized spacial score (nSPS) is 16.7. The van der Waals surface area contributed by atoms with Crippen molar-refractivity contribution < 1.29 is 14.3 Å². The minimum Gasteiger partial charge on any atom is -0.455 e. The Bertz CT molecular complexity index is 736. The van der Waals surface area contributed by atoms with Crippen LogP contribution in [-0.2, 0) is 19.7 Å². The Morgan fingerprint density at radius 3 is 2.19 bits per heavy atom. The van der Waals surface area contributed by atoms with Crippen LogP contribution in [0.25, 0.3) is 0 Å². The average Bonchev–Trinajstić information content (AvgIpc) is 3.18. The Kier molecular flexibility index (Phi) is 5.71. The van der Waals surface area contributed by atoms with Gasteiger partial charge in [-0.2, -0.15) is 0 Å². The van der Waals surface area contributed by atoms with Crippen LogP contribution < -0.4 is 5.32 Å². The molecule has 1 amide bonds. The molecule has 1 saturated carbocycles. The van der Waals surface area contributed by atoms with Gasteiger partial charge in [-0.25, -0.2) is 0 Å². The monoisotopic (exact) mass is 351 g/mol. The van der Waals surface area contributed by atoms with Gasteiger partial charge in [0.15, 0.2) is 6.61 Å². The molecule has 0 bridgehead atoms. The number of hydrogen-bond donors (Lipinski definition) is 1. The summed E-state index contributed by atoms with van der Waals surface area (Å²) in [6.07, 6.45) is 3.55. The van der Waals surface area contributed by atoms with Crippen LogP contribution in [0.15, 0.2) is 60.7 Å². The van der Waals surface area contributed by atoms with Crippen molar-refractivity contribution in [3.8, 4) is 0 Å². The van der Waals surface area contributed by atoms with E-state index in [0.29, 0.717) is 0 Å². The van der Waals surface area contributed by atoms with Crippen LogP contribution in [0.5, 0.6) is 0 Å². The second kappa shape index (κ2) is 8.17. The van der Waals surface area contributed by atoms with E-state index in [1.54, 1.807) is 0 Å². The number of rotatable bonds is 6. The van der Waals surface area contributed by atoms with Crippen LogP contribution in [-0.4, -0.2) is 18.5 Å². The summed E-state index contributed by atoms with van der Waals surface area (Å²) < 4.78 is 5.43. The maximum Gasteiger partial charge on any atom is 0.317 e. The maximum atomic E-state index is 12.8. The summed E-state index contributed by atoms with van der Waals surface area (Å²) in [5.41, 5.74) is 1.40. The van der Waals surface area contributed by atoms with Gasteiger partial charge >= 0.3 is 5.97 Å². The number of esters is 1. The van der Waals surface area contributed by atoms with E-state index >= 15 is 0 Å². The Morgan fingerprint density at radius 2 is 1.58 bits per heavy atom. The van der Waals surface area contributed by atoms with Crippen molar-refractivity contribution in [3.63, 3.8) is 0 Å². The third-order valence-electron chi connectivity index (χ3n) is 5.19. The second-order valence-corrected chi connectivity index (χ2v) is 6.93. The first kappa shape index (κ1) is 18.2. The number of nitrogens with one attached hydrogen (secondary N) is 1. The predicted octanol–water partition coefficient (Wildman–Crippen LogP) is 3.92. The molecule has 0 saturated heterocycles. The zero-order chi connectivity index (χ0) is 18.4. The highest BCUT2D eigenvalue weighted by Gasteiger charge is 2.44. The molecule has 3 rings (SSSR count). The van der Waals surface area contributed by atoms with Crippen LogP contribution in [0.4, 0.5) is 0 Å². The van der Waals surface area contributed by atoms with E-state index in [0.717, 1.165) is 36.8 Å². The predicted molar refractivity (Wildman–Crippen MR) is 101 cm³/mol. The van der Waals surface area contributed by atoms with E-state index in [4.69, 9.17) is 4.74 Å². The van der Waals surface area contributed by atoms with Gasteiger partial charge < -0.3 is 10.1 Å². The number of amides is 1. The first-order valence-corrected chi connectivity index (χ1v) is 9.19. The minimum atomic E-state index is -0.605. The molecule has 2 aromatic rings. The van der Waals surface area contributed by atoms with Gasteiger partial charge in [-0.05, 0) is 30.9 Å². The number of hydrogen-bond acceptors (Lipinski definition) is 3. The molecule has 2 aromatic carbocycles. The topological polar surface area (TPSA) is 55.4 Å². The van der Waals surface area contributed by atoms with Gasteiger partial charge in [-0.3, -0.25) is 9.59 Å². The molecule has 1 aliphatic carbocycles. The first-order chi connectivity index (χ1) is 12.6. The van der Waals surface area contributed by atoms with Gasteiger partial charge in [0.1, 0.15) is 0 Å². The molecule has 0 radical (unpaired) electrons. The highest BCUT2D eigenvalue weighted by Crippen LogP contribution is 2.42. The standard InChI is InChI=1S/C22H25NO3/c1-17(18-10-4-2-5-11-18)23-20(24)16-26-21(25)22(14-8-9-15-22)19-12-6-3-7-13-19/h2-7,10-13,17H,8-9,14-16H2,1H3,(H,23,24)/t17-/m1/s1. The number of carbonyl (C=O) groups is 2. The van der Waals surface area contributed by atoms with E-state index in [2.05, 4.69) is 5.32 Å². The van der Waals surface area contributed by atoms with Crippen molar-refractivity contribution in [1.82, 2.24) is 5.32 Å². The maximum absolute atomic E-state index is 12.8. The Balaban J connectivity index is 1.59. The second-order valence-electron chi connectivity index (χ2n) is 6.93. The van der Waals surface area contributed by atoms with E-state index in [9.17, 15) is 9.59 Å². The molecule has 4 nitrogen and oxygen atoms in total. The largest absolute Gasteiger partial charge is 0.455 e. The van der Waals surface area contributed by atoms with Gasteiger partial charge in [-0.1, -0.05) is 73.5 Å². The van der Waals surface area contributed by atoms with Gasteiger partial charge in [0.05, 0.1) is 11.5 Å². The fourth-order valence-electron chi connectivity index (χ4n) is 3.72. The van der Waals surface area contributed by atoms with Crippen molar-refractivity contribution in [2.45, 2.75) is 44.1 Å². The zero-order valence-corrected chi connectivity index (χ0v) is 15.1. The van der Waals surface area contributed by atoms with Crippen molar-refractivity contribution in [2.24, 2.45) is 0 Å². The SMILES string of the molecule is C[C@@H](NC(=O)COC(=O)C1(c2ccccc2)CCCC1)c1ccccc1. The molecule has 136 valence electrons. The molecule has 26 heavy (non-hydrogen) atoms. The molecule has 0 spiro atoms. The van der Waals surface area contributed by atoms with Crippen molar-refractivity contribution >= 4 is 11.9 Å². The minimum absolute atomic E-state index is 0.128. The lowest BCUT2D eigenvalue weighted by atomic mass is 9.79. The summed E-state index contributed by atoms with van der Waals surface area (Å²) in [5.74, 6) is -0.570. The Labute approximate surface area is 154 Å². The molecule has 1 aliphatic rings. The van der Waals surface area contributed by atoms with Crippen molar-refractivity contribution in [3.05, 3.63) is 71.8 Å². The lowest BCUT2D eigenvalue weighted by Crippen LogP contribution is -2.38. The number of carbonyl (C=O) groups excluding carboxylic acids is 2. The molecule has 0 heterocycles. The molecule has 1 atom stereocenters. The molecule has 0 aliphatic heterocycles. The van der Waals surface area contributed by atoms with E-state index in [1.165, 1.54) is 0 Å². The van der Waals surface area contributed by atoms with Crippen LogP contribution in [0.1, 0.15) is 49.8 Å². The first-order valence-electron chi connectivity index (χ1n) is 9.19. The number of ether oxygens (including phenoxy) is 1. The van der Waals surface area contributed by atoms with Gasteiger partial charge in [0, 0.05) is 0 Å². The quantitative estimate of drug-likeness (QED) is 0.803. The summed E-state index contributed by atoms with van der Waals surface area (Å²) in [4.78, 5) is 25.0. The van der Waals surface area contributed by atoms with E-state index in [-0.39, 0.29) is 24.5 Å². The highest BCUT2D eigenvalue weighted by molar-refractivity contribution is 5.86. The average molecular weight is 351 g/mol. The smallest absolute Gasteiger partial charge is 0.317 e. The van der Waals surface area contributed by atoms with Crippen LogP contribution in [0, 0.1) is 0 Å². The summed E-state index contributed by atoms with van der Waals surface area (Å²) in [7, 11) is 0. The lowest BCUT2D eigenvalue weighted by molar-refractivity contribution is -0.154. The summed E-state index contributed by atoms with van der Waals surface area (Å²) >= 11 is 0. The summed E-state index contributed by atoms with van der Waals surface area (Å²) in [5, 5.41) is 2.88. The molecular formula is C22H25NO3. The summed E-state index contributed by atoms with van der Waals surface area (Å²) in [6, 6.07) is 19.4. The van der Waals surface area contributed by atoms with Gasteiger partial charge in [0.2, 0.25) is 0 Å². The fourth-order valence-corrected chi connectivity index (χ4v) is 3.72. The zero-order valence-electron chi connectivity index (χ0n) is 15.1.